The van der Waals surface area contributed by atoms with Gasteiger partial charge in [-0.1, -0.05) is 56.3 Å². The third kappa shape index (κ3) is 9.53. The monoisotopic (exact) mass is 464 g/mol. The van der Waals surface area contributed by atoms with E-state index < -0.39 is 0 Å². The largest absolute Gasteiger partial charge is 0.493 e. The molecule has 182 valence electrons. The predicted molar refractivity (Wildman–Crippen MR) is 149 cm³/mol. The van der Waals surface area contributed by atoms with Crippen LogP contribution in [0.3, 0.4) is 0 Å². The SMILES string of the molecule is CCCC#CC#CCCCC#CC#CCCC.CCCC#Cc1c2c(c(C)c3c1CCO3)CCC2. The van der Waals surface area contributed by atoms with Gasteiger partial charge in [-0.25, -0.2) is 0 Å². The molecular formula is C34H40O. The normalized spacial score (nSPS) is 11.5. The molecule has 1 nitrogen and oxygen atoms in total. The van der Waals surface area contributed by atoms with E-state index in [0.29, 0.717) is 0 Å². The molecular weight excluding hydrogens is 424 g/mol. The molecule has 0 unspecified atom stereocenters. The van der Waals surface area contributed by atoms with Crippen LogP contribution >= 0.6 is 0 Å². The lowest BCUT2D eigenvalue weighted by atomic mass is 9.92. The summed E-state index contributed by atoms with van der Waals surface area (Å²) < 4.78 is 5.83. The summed E-state index contributed by atoms with van der Waals surface area (Å²) in [4.78, 5) is 0. The zero-order valence-electron chi connectivity index (χ0n) is 22.3. The average molecular weight is 465 g/mol. The lowest BCUT2D eigenvalue weighted by molar-refractivity contribution is 0.354. The molecule has 2 aliphatic rings. The van der Waals surface area contributed by atoms with Crippen molar-refractivity contribution in [1.29, 1.82) is 0 Å². The summed E-state index contributed by atoms with van der Waals surface area (Å²) in [6.45, 7) is 9.47. The average Bonchev–Trinajstić information content (AvgIpc) is 3.55. The second-order valence-corrected chi connectivity index (χ2v) is 8.83. The minimum absolute atomic E-state index is 0.835. The molecule has 3 rings (SSSR count). The minimum Gasteiger partial charge on any atom is -0.493 e. The van der Waals surface area contributed by atoms with Crippen molar-refractivity contribution in [3.05, 3.63) is 27.8 Å². The van der Waals surface area contributed by atoms with Gasteiger partial charge in [0, 0.05) is 49.7 Å². The van der Waals surface area contributed by atoms with Crippen LogP contribution < -0.4 is 4.74 Å². The molecule has 0 aromatic heterocycles. The molecule has 0 N–H and O–H groups in total. The third-order valence-corrected chi connectivity index (χ3v) is 5.91. The Morgan fingerprint density at radius 3 is 1.77 bits per heavy atom. The highest BCUT2D eigenvalue weighted by molar-refractivity contribution is 5.63. The number of fused-ring (bicyclic) bond motifs is 2. The molecule has 35 heavy (non-hydrogen) atoms. The van der Waals surface area contributed by atoms with Gasteiger partial charge in [0.1, 0.15) is 5.75 Å². The Hall–Kier alpha value is -3.18. The van der Waals surface area contributed by atoms with Crippen LogP contribution in [-0.4, -0.2) is 6.61 Å². The molecule has 0 amide bonds. The Labute approximate surface area is 215 Å². The Balaban J connectivity index is 0.000000248. The highest BCUT2D eigenvalue weighted by Gasteiger charge is 2.27. The zero-order valence-corrected chi connectivity index (χ0v) is 22.3. The van der Waals surface area contributed by atoms with Crippen molar-refractivity contribution in [1.82, 2.24) is 0 Å². The highest BCUT2D eigenvalue weighted by atomic mass is 16.5. The van der Waals surface area contributed by atoms with Crippen LogP contribution in [-0.2, 0) is 19.3 Å². The summed E-state index contributed by atoms with van der Waals surface area (Å²) >= 11 is 0. The molecule has 0 saturated carbocycles. The number of unbranched alkanes of at least 4 members (excludes halogenated alkanes) is 5. The molecule has 0 spiro atoms. The van der Waals surface area contributed by atoms with Crippen LogP contribution in [0, 0.1) is 66.1 Å². The first kappa shape index (κ1) is 28.1. The van der Waals surface area contributed by atoms with E-state index in [1.165, 1.54) is 47.1 Å². The van der Waals surface area contributed by atoms with E-state index in [4.69, 9.17) is 4.74 Å². The molecule has 1 heteroatoms. The summed E-state index contributed by atoms with van der Waals surface area (Å²) in [5.41, 5.74) is 7.14. The van der Waals surface area contributed by atoms with E-state index in [0.717, 1.165) is 76.6 Å². The molecule has 0 saturated heterocycles. The first-order chi connectivity index (χ1) is 17.2. The van der Waals surface area contributed by atoms with Gasteiger partial charge in [0.15, 0.2) is 0 Å². The zero-order chi connectivity index (χ0) is 25.1. The maximum Gasteiger partial charge on any atom is 0.127 e. The molecule has 1 aromatic carbocycles. The standard InChI is InChI=1S/C17H20O.C17H20/c1-3-4-5-7-15-14-9-6-8-13(14)12(2)17-16(15)10-11-18-17;1-3-5-7-9-11-13-15-17-16-14-12-10-8-6-4-2/h3-4,6,8-11H2,1-2H3;3-6,15-17H2,1-2H3. The van der Waals surface area contributed by atoms with Crippen LogP contribution in [0.4, 0.5) is 0 Å². The number of hydrogen-bond donors (Lipinski definition) is 0. The third-order valence-electron chi connectivity index (χ3n) is 5.91. The lowest BCUT2D eigenvalue weighted by Crippen LogP contribution is -1.98. The van der Waals surface area contributed by atoms with Gasteiger partial charge in [-0.3, -0.25) is 0 Å². The van der Waals surface area contributed by atoms with E-state index in [9.17, 15) is 0 Å². The summed E-state index contributed by atoms with van der Waals surface area (Å²) in [5, 5.41) is 0. The highest BCUT2D eigenvalue weighted by Crippen LogP contribution is 2.40. The van der Waals surface area contributed by atoms with Gasteiger partial charge in [0.25, 0.3) is 0 Å². The van der Waals surface area contributed by atoms with Gasteiger partial charge < -0.3 is 4.74 Å². The van der Waals surface area contributed by atoms with Crippen LogP contribution in [0.15, 0.2) is 0 Å². The maximum atomic E-state index is 5.83. The van der Waals surface area contributed by atoms with E-state index in [1.807, 2.05) is 0 Å². The summed E-state index contributed by atoms with van der Waals surface area (Å²) in [7, 11) is 0. The molecule has 1 aromatic rings. The molecule has 1 heterocycles. The van der Waals surface area contributed by atoms with Gasteiger partial charge in [0.05, 0.1) is 6.61 Å². The summed E-state index contributed by atoms with van der Waals surface area (Å²) in [6, 6.07) is 0. The molecule has 0 bridgehead atoms. The Kier molecular flexibility index (Phi) is 13.9. The number of benzene rings is 1. The summed E-state index contributed by atoms with van der Waals surface area (Å²) in [5.74, 6) is 31.4. The first-order valence-electron chi connectivity index (χ1n) is 13.4. The Morgan fingerprint density at radius 2 is 1.17 bits per heavy atom. The van der Waals surface area contributed by atoms with Crippen molar-refractivity contribution in [2.24, 2.45) is 0 Å². The van der Waals surface area contributed by atoms with E-state index in [1.54, 1.807) is 0 Å². The maximum absolute atomic E-state index is 5.83. The minimum atomic E-state index is 0.835. The number of ether oxygens (including phenoxy) is 1. The molecule has 1 aliphatic heterocycles. The fraction of sp³-hybridized carbons (Fsp3) is 0.529. The topological polar surface area (TPSA) is 9.23 Å². The second kappa shape index (κ2) is 17.3. The van der Waals surface area contributed by atoms with Crippen LogP contribution in [0.2, 0.25) is 0 Å². The molecule has 1 aliphatic carbocycles. The van der Waals surface area contributed by atoms with Gasteiger partial charge >= 0.3 is 0 Å². The van der Waals surface area contributed by atoms with Crippen LogP contribution in [0.25, 0.3) is 0 Å². The molecule has 0 fully saturated rings. The predicted octanol–water partition coefficient (Wildman–Crippen LogP) is 7.34. The fourth-order valence-corrected chi connectivity index (χ4v) is 4.15. The lowest BCUT2D eigenvalue weighted by Gasteiger charge is -2.13. The second-order valence-electron chi connectivity index (χ2n) is 8.83. The Bertz CT molecular complexity index is 1060. The summed E-state index contributed by atoms with van der Waals surface area (Å²) in [6.07, 6.45) is 13.7. The number of rotatable bonds is 5. The molecule has 0 atom stereocenters. The van der Waals surface area contributed by atoms with E-state index in [-0.39, 0.29) is 0 Å². The van der Waals surface area contributed by atoms with Crippen molar-refractivity contribution >= 4 is 0 Å². The van der Waals surface area contributed by atoms with Crippen LogP contribution in [0.1, 0.15) is 113 Å². The Morgan fingerprint density at radius 1 is 0.629 bits per heavy atom. The van der Waals surface area contributed by atoms with Gasteiger partial charge in [-0.05, 0) is 92.2 Å². The van der Waals surface area contributed by atoms with Crippen molar-refractivity contribution in [2.75, 3.05) is 6.61 Å². The van der Waals surface area contributed by atoms with Crippen LogP contribution in [0.5, 0.6) is 5.75 Å². The fourth-order valence-electron chi connectivity index (χ4n) is 4.15. The van der Waals surface area contributed by atoms with Crippen molar-refractivity contribution in [3.63, 3.8) is 0 Å². The smallest absolute Gasteiger partial charge is 0.127 e. The van der Waals surface area contributed by atoms with Gasteiger partial charge in [-0.2, -0.15) is 0 Å². The van der Waals surface area contributed by atoms with Crippen molar-refractivity contribution in [3.8, 4) is 65.0 Å². The van der Waals surface area contributed by atoms with E-state index >= 15 is 0 Å². The van der Waals surface area contributed by atoms with Crippen molar-refractivity contribution < 1.29 is 4.74 Å². The van der Waals surface area contributed by atoms with Gasteiger partial charge in [0.2, 0.25) is 0 Å². The molecule has 0 radical (unpaired) electrons. The van der Waals surface area contributed by atoms with E-state index in [2.05, 4.69) is 86.9 Å². The number of hydrogen-bond acceptors (Lipinski definition) is 1. The first-order valence-corrected chi connectivity index (χ1v) is 13.4. The quantitative estimate of drug-likeness (QED) is 0.327. The van der Waals surface area contributed by atoms with Crippen molar-refractivity contribution in [2.45, 2.75) is 111 Å². The van der Waals surface area contributed by atoms with Gasteiger partial charge in [-0.15, -0.1) is 0 Å².